The molecule has 3 rings (SSSR count). The summed E-state index contributed by atoms with van der Waals surface area (Å²) in [5.41, 5.74) is 2.84. The van der Waals surface area contributed by atoms with Crippen molar-refractivity contribution in [2.45, 2.75) is 25.7 Å². The Labute approximate surface area is 94.0 Å². The third-order valence-electron chi connectivity index (χ3n) is 3.41. The predicted octanol–water partition coefficient (Wildman–Crippen LogP) is 2.43. The molecule has 0 saturated heterocycles. The normalized spacial score (nSPS) is 23.8. The van der Waals surface area contributed by atoms with Crippen LogP contribution in [0.5, 0.6) is 0 Å². The molecule has 0 heterocycles. The smallest absolute Gasteiger partial charge is 0.190 e. The van der Waals surface area contributed by atoms with Gasteiger partial charge in [0.15, 0.2) is 11.6 Å². The summed E-state index contributed by atoms with van der Waals surface area (Å²) >= 11 is 0. The van der Waals surface area contributed by atoms with Crippen LogP contribution in [0.1, 0.15) is 25.7 Å². The first-order valence-electron chi connectivity index (χ1n) is 5.65. The third kappa shape index (κ3) is 1.19. The van der Waals surface area contributed by atoms with E-state index in [-0.39, 0.29) is 11.6 Å². The standard InChI is InChI=1S/C14H12O2/c15-13-9-5-1-2-6-10(9)14(16)12-8-4-3-7-11(12)13/h1-3,7H,4-6,8H2. The van der Waals surface area contributed by atoms with Crippen molar-refractivity contribution in [3.05, 3.63) is 46.6 Å². The van der Waals surface area contributed by atoms with E-state index >= 15 is 0 Å². The second-order valence-corrected chi connectivity index (χ2v) is 4.33. The molecule has 80 valence electrons. The minimum atomic E-state index is 0.0740. The van der Waals surface area contributed by atoms with Crippen LogP contribution in [0.2, 0.25) is 0 Å². The molecule has 0 fully saturated rings. The highest BCUT2D eigenvalue weighted by Crippen LogP contribution is 2.35. The van der Waals surface area contributed by atoms with Gasteiger partial charge in [-0.05, 0) is 25.7 Å². The van der Waals surface area contributed by atoms with E-state index < -0.39 is 0 Å². The highest BCUT2D eigenvalue weighted by Gasteiger charge is 2.33. The lowest BCUT2D eigenvalue weighted by molar-refractivity contribution is -0.116. The van der Waals surface area contributed by atoms with Crippen LogP contribution in [0.3, 0.4) is 0 Å². The molecule has 0 saturated carbocycles. The molecule has 0 aromatic carbocycles. The maximum atomic E-state index is 12.2. The van der Waals surface area contributed by atoms with Gasteiger partial charge in [-0.15, -0.1) is 0 Å². The first-order chi connectivity index (χ1) is 7.79. The van der Waals surface area contributed by atoms with Crippen molar-refractivity contribution in [2.75, 3.05) is 0 Å². The van der Waals surface area contributed by atoms with Gasteiger partial charge in [0.05, 0.1) is 0 Å². The summed E-state index contributed by atoms with van der Waals surface area (Å²) in [4.78, 5) is 24.4. The summed E-state index contributed by atoms with van der Waals surface area (Å²) < 4.78 is 0. The Morgan fingerprint density at radius 3 is 2.25 bits per heavy atom. The third-order valence-corrected chi connectivity index (χ3v) is 3.41. The molecule has 0 aliphatic heterocycles. The molecule has 3 aliphatic carbocycles. The lowest BCUT2D eigenvalue weighted by Crippen LogP contribution is -2.25. The van der Waals surface area contributed by atoms with Crippen LogP contribution < -0.4 is 0 Å². The monoisotopic (exact) mass is 212 g/mol. The number of Topliss-reactive ketones (excluding diaryl/α,β-unsaturated/α-hetero) is 2. The maximum Gasteiger partial charge on any atom is 0.190 e. The molecular formula is C14H12O2. The van der Waals surface area contributed by atoms with E-state index in [2.05, 4.69) is 0 Å². The van der Waals surface area contributed by atoms with Gasteiger partial charge in [0.2, 0.25) is 0 Å². The Kier molecular flexibility index (Phi) is 2.03. The van der Waals surface area contributed by atoms with Gasteiger partial charge in [-0.2, -0.15) is 0 Å². The molecular weight excluding hydrogens is 200 g/mol. The van der Waals surface area contributed by atoms with E-state index in [1.165, 1.54) is 0 Å². The zero-order valence-electron chi connectivity index (χ0n) is 8.95. The van der Waals surface area contributed by atoms with Crippen LogP contribution >= 0.6 is 0 Å². The number of carbonyl (C=O) groups is 2. The molecule has 0 spiro atoms. The van der Waals surface area contributed by atoms with Crippen LogP contribution in [0.15, 0.2) is 46.6 Å². The summed E-state index contributed by atoms with van der Waals surface area (Å²) in [5.74, 6) is 0.184. The van der Waals surface area contributed by atoms with Crippen molar-refractivity contribution in [2.24, 2.45) is 0 Å². The molecule has 0 aromatic rings. The molecule has 0 unspecified atom stereocenters. The van der Waals surface area contributed by atoms with Gasteiger partial charge >= 0.3 is 0 Å². The van der Waals surface area contributed by atoms with Crippen LogP contribution in [-0.2, 0) is 9.59 Å². The van der Waals surface area contributed by atoms with Crippen molar-refractivity contribution in [1.29, 1.82) is 0 Å². The van der Waals surface area contributed by atoms with Gasteiger partial charge in [-0.1, -0.05) is 24.3 Å². The van der Waals surface area contributed by atoms with Crippen LogP contribution in [-0.4, -0.2) is 11.6 Å². The number of hydrogen-bond acceptors (Lipinski definition) is 2. The van der Waals surface area contributed by atoms with E-state index in [4.69, 9.17) is 0 Å². The molecule has 0 amide bonds. The van der Waals surface area contributed by atoms with Gasteiger partial charge in [0.25, 0.3) is 0 Å². The van der Waals surface area contributed by atoms with Gasteiger partial charge in [0.1, 0.15) is 0 Å². The molecule has 16 heavy (non-hydrogen) atoms. The summed E-state index contributed by atoms with van der Waals surface area (Å²) in [5, 5.41) is 0. The van der Waals surface area contributed by atoms with Gasteiger partial charge in [-0.3, -0.25) is 9.59 Å². The summed E-state index contributed by atoms with van der Waals surface area (Å²) in [6.07, 6.45) is 10.6. The fourth-order valence-corrected chi connectivity index (χ4v) is 2.57. The fourth-order valence-electron chi connectivity index (χ4n) is 2.57. The minimum absolute atomic E-state index is 0.0740. The second-order valence-electron chi connectivity index (χ2n) is 4.33. The molecule has 0 aromatic heterocycles. The van der Waals surface area contributed by atoms with Crippen molar-refractivity contribution in [1.82, 2.24) is 0 Å². The Bertz CT molecular complexity index is 513. The lowest BCUT2D eigenvalue weighted by atomic mass is 9.77. The average Bonchev–Trinajstić information content (AvgIpc) is 2.36. The lowest BCUT2D eigenvalue weighted by Gasteiger charge is -2.25. The quantitative estimate of drug-likeness (QED) is 0.456. The summed E-state index contributed by atoms with van der Waals surface area (Å²) in [6.45, 7) is 0. The number of rotatable bonds is 0. The minimum Gasteiger partial charge on any atom is -0.289 e. The highest BCUT2D eigenvalue weighted by molar-refractivity contribution is 6.26. The number of hydrogen-bond donors (Lipinski definition) is 0. The van der Waals surface area contributed by atoms with Crippen molar-refractivity contribution in [3.63, 3.8) is 0 Å². The Morgan fingerprint density at radius 2 is 1.50 bits per heavy atom. The Hall–Kier alpha value is -1.70. The van der Waals surface area contributed by atoms with Crippen LogP contribution in [0, 0.1) is 0 Å². The molecule has 0 radical (unpaired) electrons. The van der Waals surface area contributed by atoms with E-state index in [0.717, 1.165) is 29.6 Å². The van der Waals surface area contributed by atoms with Crippen molar-refractivity contribution < 1.29 is 9.59 Å². The van der Waals surface area contributed by atoms with E-state index in [1.54, 1.807) is 0 Å². The van der Waals surface area contributed by atoms with E-state index in [1.807, 2.05) is 24.3 Å². The number of ketones is 2. The zero-order valence-corrected chi connectivity index (χ0v) is 8.95. The van der Waals surface area contributed by atoms with E-state index in [9.17, 15) is 9.59 Å². The van der Waals surface area contributed by atoms with Gasteiger partial charge < -0.3 is 0 Å². The first kappa shape index (κ1) is 9.52. The molecule has 3 aliphatic rings. The Morgan fingerprint density at radius 1 is 0.812 bits per heavy atom. The number of allylic oxidation sites excluding steroid dienone is 8. The van der Waals surface area contributed by atoms with E-state index in [0.29, 0.717) is 18.4 Å². The molecule has 0 bridgehead atoms. The van der Waals surface area contributed by atoms with Gasteiger partial charge in [0, 0.05) is 22.3 Å². The predicted molar refractivity (Wildman–Crippen MR) is 60.8 cm³/mol. The Balaban J connectivity index is 2.12. The van der Waals surface area contributed by atoms with Crippen molar-refractivity contribution in [3.8, 4) is 0 Å². The SMILES string of the molecule is O=C1C2=C(CCC=C2)C(=O)C2=C1CC=CC2. The largest absolute Gasteiger partial charge is 0.289 e. The summed E-state index contributed by atoms with van der Waals surface area (Å²) in [6, 6.07) is 0. The average molecular weight is 212 g/mol. The highest BCUT2D eigenvalue weighted by atomic mass is 16.1. The summed E-state index contributed by atoms with van der Waals surface area (Å²) in [7, 11) is 0. The van der Waals surface area contributed by atoms with Crippen molar-refractivity contribution >= 4 is 11.6 Å². The molecule has 0 N–H and O–H groups in total. The molecule has 2 heteroatoms. The maximum absolute atomic E-state index is 12.2. The second kappa shape index (κ2) is 3.41. The fraction of sp³-hybridized carbons (Fsp3) is 0.286. The topological polar surface area (TPSA) is 34.1 Å². The molecule has 2 nitrogen and oxygen atoms in total. The zero-order chi connectivity index (χ0) is 11.1. The number of carbonyl (C=O) groups excluding carboxylic acids is 2. The first-order valence-corrected chi connectivity index (χ1v) is 5.65. The molecule has 0 atom stereocenters. The van der Waals surface area contributed by atoms with Gasteiger partial charge in [-0.25, -0.2) is 0 Å². The van der Waals surface area contributed by atoms with Crippen LogP contribution in [0.4, 0.5) is 0 Å². The van der Waals surface area contributed by atoms with Crippen LogP contribution in [0.25, 0.3) is 0 Å².